The second-order valence-corrected chi connectivity index (χ2v) is 7.58. The van der Waals surface area contributed by atoms with Crippen molar-refractivity contribution in [2.24, 2.45) is 0 Å². The standard InChI is InChI=1S/C22H26N2O4/c1-22(2,3)17-11-9-16(10-12-17)20(26)23-14-13-18(25)24-19(21(27)28)15-7-5-4-6-8-15/h4-12,19H,13-14H2,1-3H3,(H,23,26)(H,24,25)(H,27,28)/t19-/m1/s1. The number of hydrogen-bond acceptors (Lipinski definition) is 3. The molecule has 2 aromatic carbocycles. The zero-order valence-corrected chi connectivity index (χ0v) is 16.4. The van der Waals surface area contributed by atoms with Crippen LogP contribution in [-0.4, -0.2) is 29.4 Å². The fourth-order valence-electron chi connectivity index (χ4n) is 2.68. The third-order valence-electron chi connectivity index (χ3n) is 4.34. The highest BCUT2D eigenvalue weighted by molar-refractivity contribution is 5.94. The van der Waals surface area contributed by atoms with Crippen LogP contribution in [0.5, 0.6) is 0 Å². The zero-order chi connectivity index (χ0) is 20.7. The molecule has 6 heteroatoms. The first-order valence-corrected chi connectivity index (χ1v) is 9.14. The van der Waals surface area contributed by atoms with Crippen LogP contribution in [0.3, 0.4) is 0 Å². The van der Waals surface area contributed by atoms with Crippen molar-refractivity contribution in [2.45, 2.75) is 38.6 Å². The fraction of sp³-hybridized carbons (Fsp3) is 0.318. The molecule has 0 spiro atoms. The maximum absolute atomic E-state index is 12.2. The summed E-state index contributed by atoms with van der Waals surface area (Å²) >= 11 is 0. The van der Waals surface area contributed by atoms with Crippen molar-refractivity contribution in [1.82, 2.24) is 10.6 Å². The molecular formula is C22H26N2O4. The lowest BCUT2D eigenvalue weighted by Gasteiger charge is -2.19. The Balaban J connectivity index is 1.86. The molecule has 28 heavy (non-hydrogen) atoms. The number of nitrogens with one attached hydrogen (secondary N) is 2. The van der Waals surface area contributed by atoms with Gasteiger partial charge in [0.2, 0.25) is 5.91 Å². The zero-order valence-electron chi connectivity index (χ0n) is 16.4. The van der Waals surface area contributed by atoms with Crippen LogP contribution in [0.1, 0.15) is 54.7 Å². The molecule has 1 atom stereocenters. The molecule has 2 rings (SSSR count). The third kappa shape index (κ3) is 5.94. The van der Waals surface area contributed by atoms with Crippen LogP contribution < -0.4 is 10.6 Å². The Kier molecular flexibility index (Phi) is 6.93. The number of hydrogen-bond donors (Lipinski definition) is 3. The summed E-state index contributed by atoms with van der Waals surface area (Å²) in [7, 11) is 0. The number of carboxylic acid groups (broad SMARTS) is 1. The molecule has 3 N–H and O–H groups in total. The van der Waals surface area contributed by atoms with Gasteiger partial charge in [0.05, 0.1) is 0 Å². The topological polar surface area (TPSA) is 95.5 Å². The molecule has 0 fully saturated rings. The maximum atomic E-state index is 12.2. The summed E-state index contributed by atoms with van der Waals surface area (Å²) in [5.74, 6) is -1.85. The van der Waals surface area contributed by atoms with Gasteiger partial charge in [0.15, 0.2) is 6.04 Å². The van der Waals surface area contributed by atoms with E-state index < -0.39 is 17.9 Å². The molecule has 0 unspecified atom stereocenters. The lowest BCUT2D eigenvalue weighted by atomic mass is 9.87. The lowest BCUT2D eigenvalue weighted by Crippen LogP contribution is -2.36. The van der Waals surface area contributed by atoms with Gasteiger partial charge >= 0.3 is 5.97 Å². The monoisotopic (exact) mass is 382 g/mol. The van der Waals surface area contributed by atoms with Crippen molar-refractivity contribution in [3.8, 4) is 0 Å². The van der Waals surface area contributed by atoms with E-state index in [-0.39, 0.29) is 24.3 Å². The molecule has 0 aliphatic rings. The van der Waals surface area contributed by atoms with Crippen molar-refractivity contribution in [3.05, 3.63) is 71.3 Å². The summed E-state index contributed by atoms with van der Waals surface area (Å²) in [6, 6.07) is 14.7. The molecule has 6 nitrogen and oxygen atoms in total. The van der Waals surface area contributed by atoms with E-state index in [9.17, 15) is 19.5 Å². The van der Waals surface area contributed by atoms with Crippen molar-refractivity contribution >= 4 is 17.8 Å². The second-order valence-electron chi connectivity index (χ2n) is 7.58. The van der Waals surface area contributed by atoms with E-state index in [0.29, 0.717) is 11.1 Å². The number of benzene rings is 2. The van der Waals surface area contributed by atoms with E-state index >= 15 is 0 Å². The first-order valence-electron chi connectivity index (χ1n) is 9.14. The van der Waals surface area contributed by atoms with Crippen LogP contribution in [0.25, 0.3) is 0 Å². The lowest BCUT2D eigenvalue weighted by molar-refractivity contribution is -0.142. The molecule has 0 heterocycles. The van der Waals surface area contributed by atoms with E-state index in [4.69, 9.17) is 0 Å². The van der Waals surface area contributed by atoms with Gasteiger partial charge in [-0.15, -0.1) is 0 Å². The van der Waals surface area contributed by atoms with Gasteiger partial charge in [0.1, 0.15) is 0 Å². The summed E-state index contributed by atoms with van der Waals surface area (Å²) in [4.78, 5) is 35.7. The minimum atomic E-state index is -1.14. The Labute approximate surface area is 165 Å². The van der Waals surface area contributed by atoms with E-state index in [0.717, 1.165) is 5.56 Å². The van der Waals surface area contributed by atoms with E-state index in [1.54, 1.807) is 42.5 Å². The summed E-state index contributed by atoms with van der Waals surface area (Å²) < 4.78 is 0. The predicted molar refractivity (Wildman–Crippen MR) is 107 cm³/mol. The Bertz CT molecular complexity index is 824. The van der Waals surface area contributed by atoms with Crippen molar-refractivity contribution in [1.29, 1.82) is 0 Å². The Morgan fingerprint density at radius 1 is 0.964 bits per heavy atom. The summed E-state index contributed by atoms with van der Waals surface area (Å²) in [5.41, 5.74) is 2.14. The summed E-state index contributed by atoms with van der Waals surface area (Å²) in [5, 5.41) is 14.5. The minimum Gasteiger partial charge on any atom is -0.479 e. The molecule has 0 bridgehead atoms. The summed E-state index contributed by atoms with van der Waals surface area (Å²) in [6.07, 6.45) is -0.0115. The second kappa shape index (κ2) is 9.17. The smallest absolute Gasteiger partial charge is 0.330 e. The van der Waals surface area contributed by atoms with Gasteiger partial charge in [-0.25, -0.2) is 4.79 Å². The maximum Gasteiger partial charge on any atom is 0.330 e. The van der Waals surface area contributed by atoms with Crippen LogP contribution in [0, 0.1) is 0 Å². The van der Waals surface area contributed by atoms with Gasteiger partial charge < -0.3 is 15.7 Å². The molecule has 0 aliphatic heterocycles. The molecule has 0 radical (unpaired) electrons. The first-order chi connectivity index (χ1) is 13.2. The van der Waals surface area contributed by atoms with Gasteiger partial charge in [-0.2, -0.15) is 0 Å². The largest absolute Gasteiger partial charge is 0.479 e. The van der Waals surface area contributed by atoms with Crippen molar-refractivity contribution in [2.75, 3.05) is 6.54 Å². The predicted octanol–water partition coefficient (Wildman–Crippen LogP) is 3.05. The fourth-order valence-corrected chi connectivity index (χ4v) is 2.68. The molecule has 2 aromatic rings. The van der Waals surface area contributed by atoms with E-state index in [1.807, 2.05) is 12.1 Å². The highest BCUT2D eigenvalue weighted by atomic mass is 16.4. The SMILES string of the molecule is CC(C)(C)c1ccc(C(=O)NCCC(=O)N[C@@H](C(=O)O)c2ccccc2)cc1. The number of carbonyl (C=O) groups is 3. The number of amides is 2. The Morgan fingerprint density at radius 3 is 2.11 bits per heavy atom. The molecule has 148 valence electrons. The Hall–Kier alpha value is -3.15. The normalized spacial score (nSPS) is 12.1. The van der Waals surface area contributed by atoms with Crippen LogP contribution in [-0.2, 0) is 15.0 Å². The quantitative estimate of drug-likeness (QED) is 0.686. The number of rotatable bonds is 7. The van der Waals surface area contributed by atoms with E-state index in [1.165, 1.54) is 0 Å². The third-order valence-corrected chi connectivity index (χ3v) is 4.34. The van der Waals surface area contributed by atoms with E-state index in [2.05, 4.69) is 31.4 Å². The van der Waals surface area contributed by atoms with Crippen molar-refractivity contribution in [3.63, 3.8) is 0 Å². The molecule has 2 amide bonds. The van der Waals surface area contributed by atoms with Gasteiger partial charge in [-0.3, -0.25) is 9.59 Å². The Morgan fingerprint density at radius 2 is 1.57 bits per heavy atom. The molecule has 0 saturated heterocycles. The van der Waals surface area contributed by atoms with Crippen LogP contribution in [0.2, 0.25) is 0 Å². The number of aliphatic carboxylic acids is 1. The first kappa shape index (κ1) is 21.2. The average molecular weight is 382 g/mol. The van der Waals surface area contributed by atoms with Crippen LogP contribution in [0.15, 0.2) is 54.6 Å². The van der Waals surface area contributed by atoms with Gasteiger partial charge in [-0.05, 0) is 28.7 Å². The van der Waals surface area contributed by atoms with Crippen molar-refractivity contribution < 1.29 is 19.5 Å². The molecule has 0 aliphatic carbocycles. The number of carbonyl (C=O) groups excluding carboxylic acids is 2. The number of carboxylic acids is 1. The highest BCUT2D eigenvalue weighted by Crippen LogP contribution is 2.22. The highest BCUT2D eigenvalue weighted by Gasteiger charge is 2.21. The summed E-state index contributed by atoms with van der Waals surface area (Å²) in [6.45, 7) is 6.41. The molecular weight excluding hydrogens is 356 g/mol. The van der Waals surface area contributed by atoms with Crippen LogP contribution in [0.4, 0.5) is 0 Å². The van der Waals surface area contributed by atoms with Gasteiger partial charge in [-0.1, -0.05) is 63.2 Å². The van der Waals surface area contributed by atoms with Gasteiger partial charge in [0, 0.05) is 18.5 Å². The average Bonchev–Trinajstić information content (AvgIpc) is 2.66. The van der Waals surface area contributed by atoms with Crippen LogP contribution >= 0.6 is 0 Å². The minimum absolute atomic E-state index is 0.00648. The van der Waals surface area contributed by atoms with Gasteiger partial charge in [0.25, 0.3) is 5.91 Å². The molecule has 0 aromatic heterocycles. The molecule has 0 saturated carbocycles.